The van der Waals surface area contributed by atoms with Gasteiger partial charge in [-0.05, 0) is 42.3 Å². The number of hydrogen-bond donors (Lipinski definition) is 1. The molecule has 0 saturated heterocycles. The molecule has 3 aromatic rings. The van der Waals surface area contributed by atoms with Crippen LogP contribution in [0.5, 0.6) is 11.5 Å². The van der Waals surface area contributed by atoms with Gasteiger partial charge < -0.3 is 14.5 Å². The second kappa shape index (κ2) is 5.56. The monoisotopic (exact) mass is 295 g/mol. The van der Waals surface area contributed by atoms with Crippen LogP contribution in [-0.4, -0.2) is 19.2 Å². The molecule has 0 bridgehead atoms. The van der Waals surface area contributed by atoms with E-state index < -0.39 is 0 Å². The minimum Gasteiger partial charge on any atom is -0.497 e. The molecule has 0 unspecified atom stereocenters. The lowest BCUT2D eigenvalue weighted by Gasteiger charge is -2.10. The molecule has 1 aromatic heterocycles. The third-order valence-corrected chi connectivity index (χ3v) is 3.82. The van der Waals surface area contributed by atoms with Crippen LogP contribution in [0.4, 0.5) is 0 Å². The minimum atomic E-state index is -0.137. The van der Waals surface area contributed by atoms with E-state index in [0.717, 1.165) is 27.8 Å². The minimum absolute atomic E-state index is 0.137. The number of benzene rings is 2. The molecule has 0 aliphatic rings. The maximum Gasteiger partial charge on any atom is 0.256 e. The van der Waals surface area contributed by atoms with E-state index in [1.165, 1.54) is 0 Å². The van der Waals surface area contributed by atoms with Gasteiger partial charge in [0.1, 0.15) is 11.5 Å². The Kier molecular flexibility index (Phi) is 3.59. The van der Waals surface area contributed by atoms with E-state index >= 15 is 0 Å². The molecule has 112 valence electrons. The number of pyridine rings is 1. The molecule has 0 saturated carbocycles. The summed E-state index contributed by atoms with van der Waals surface area (Å²) in [6.07, 6.45) is 0. The van der Waals surface area contributed by atoms with Crippen LogP contribution in [0, 0.1) is 6.92 Å². The predicted molar refractivity (Wildman–Crippen MR) is 87.8 cm³/mol. The van der Waals surface area contributed by atoms with Gasteiger partial charge in [0, 0.05) is 10.9 Å². The Morgan fingerprint density at radius 1 is 0.955 bits per heavy atom. The number of nitrogens with one attached hydrogen (secondary N) is 1. The first-order chi connectivity index (χ1) is 10.6. The number of H-pyrrole nitrogens is 1. The normalized spacial score (nSPS) is 10.7. The van der Waals surface area contributed by atoms with Crippen LogP contribution in [0.3, 0.4) is 0 Å². The van der Waals surface area contributed by atoms with E-state index in [4.69, 9.17) is 9.47 Å². The Hall–Kier alpha value is -2.75. The van der Waals surface area contributed by atoms with Crippen LogP contribution >= 0.6 is 0 Å². The Morgan fingerprint density at radius 3 is 2.32 bits per heavy atom. The van der Waals surface area contributed by atoms with Crippen LogP contribution in [0.2, 0.25) is 0 Å². The lowest BCUT2D eigenvalue weighted by Crippen LogP contribution is -2.09. The van der Waals surface area contributed by atoms with E-state index in [0.29, 0.717) is 11.3 Å². The summed E-state index contributed by atoms with van der Waals surface area (Å²) in [6.45, 7) is 2.01. The third kappa shape index (κ3) is 2.33. The summed E-state index contributed by atoms with van der Waals surface area (Å²) in [5.74, 6) is 1.43. The maximum absolute atomic E-state index is 12.4. The highest BCUT2D eigenvalue weighted by molar-refractivity contribution is 5.90. The molecule has 4 nitrogen and oxygen atoms in total. The molecule has 3 rings (SSSR count). The topological polar surface area (TPSA) is 51.3 Å². The summed E-state index contributed by atoms with van der Waals surface area (Å²) in [6, 6.07) is 13.2. The summed E-state index contributed by atoms with van der Waals surface area (Å²) < 4.78 is 10.5. The third-order valence-electron chi connectivity index (χ3n) is 3.82. The fourth-order valence-electron chi connectivity index (χ4n) is 2.56. The second-order valence-corrected chi connectivity index (χ2v) is 5.11. The first-order valence-corrected chi connectivity index (χ1v) is 6.99. The van der Waals surface area contributed by atoms with E-state index in [-0.39, 0.29) is 5.56 Å². The Labute approximate surface area is 128 Å². The molecular formula is C18H17NO3. The molecule has 0 spiro atoms. The van der Waals surface area contributed by atoms with Crippen molar-refractivity contribution in [2.24, 2.45) is 0 Å². The summed E-state index contributed by atoms with van der Waals surface area (Å²) in [5.41, 5.74) is 3.16. The van der Waals surface area contributed by atoms with Crippen molar-refractivity contribution in [3.05, 3.63) is 58.4 Å². The van der Waals surface area contributed by atoms with Gasteiger partial charge in [0.15, 0.2) is 0 Å². The predicted octanol–water partition coefficient (Wildman–Crippen LogP) is 3.52. The Morgan fingerprint density at radius 2 is 1.68 bits per heavy atom. The van der Waals surface area contributed by atoms with Gasteiger partial charge in [0.2, 0.25) is 0 Å². The SMILES string of the molecule is COc1ccc(-c2cc3c(C)ccc(OC)c3[nH]c2=O)cc1. The first-order valence-electron chi connectivity index (χ1n) is 6.99. The lowest BCUT2D eigenvalue weighted by molar-refractivity contribution is 0.415. The molecule has 2 aromatic carbocycles. The molecule has 1 N–H and O–H groups in total. The summed E-state index contributed by atoms with van der Waals surface area (Å²) in [4.78, 5) is 15.4. The van der Waals surface area contributed by atoms with Crippen LogP contribution in [0.15, 0.2) is 47.3 Å². The molecular weight excluding hydrogens is 278 g/mol. The van der Waals surface area contributed by atoms with Crippen molar-refractivity contribution >= 4 is 10.9 Å². The molecule has 0 fully saturated rings. The zero-order valence-electron chi connectivity index (χ0n) is 12.8. The Balaban J connectivity index is 2.24. The number of methoxy groups -OCH3 is 2. The standard InChI is InChI=1S/C18H17NO3/c1-11-4-9-16(22-3)17-14(11)10-15(18(20)19-17)12-5-7-13(21-2)8-6-12/h4-10H,1-3H3,(H,19,20). The van der Waals surface area contributed by atoms with Gasteiger partial charge in [-0.1, -0.05) is 18.2 Å². The zero-order chi connectivity index (χ0) is 15.7. The fourth-order valence-corrected chi connectivity index (χ4v) is 2.56. The fraction of sp³-hybridized carbons (Fsp3) is 0.167. The van der Waals surface area contributed by atoms with Gasteiger partial charge >= 0.3 is 0 Å². The molecule has 0 amide bonds. The van der Waals surface area contributed by atoms with E-state index in [1.807, 2.05) is 49.4 Å². The van der Waals surface area contributed by atoms with Crippen molar-refractivity contribution in [3.8, 4) is 22.6 Å². The Bertz CT molecular complexity index is 879. The van der Waals surface area contributed by atoms with Crippen LogP contribution in [-0.2, 0) is 0 Å². The number of ether oxygens (including phenoxy) is 2. The average molecular weight is 295 g/mol. The maximum atomic E-state index is 12.4. The molecule has 0 atom stereocenters. The molecule has 0 radical (unpaired) electrons. The van der Waals surface area contributed by atoms with E-state index in [9.17, 15) is 4.79 Å². The van der Waals surface area contributed by atoms with E-state index in [2.05, 4.69) is 4.98 Å². The molecule has 22 heavy (non-hydrogen) atoms. The van der Waals surface area contributed by atoms with Crippen molar-refractivity contribution in [2.75, 3.05) is 14.2 Å². The van der Waals surface area contributed by atoms with Crippen molar-refractivity contribution in [3.63, 3.8) is 0 Å². The first kappa shape index (κ1) is 14.2. The van der Waals surface area contributed by atoms with Crippen molar-refractivity contribution < 1.29 is 9.47 Å². The molecule has 1 heterocycles. The van der Waals surface area contributed by atoms with Gasteiger partial charge in [-0.15, -0.1) is 0 Å². The lowest BCUT2D eigenvalue weighted by atomic mass is 10.0. The zero-order valence-corrected chi connectivity index (χ0v) is 12.8. The largest absolute Gasteiger partial charge is 0.497 e. The van der Waals surface area contributed by atoms with Gasteiger partial charge in [0.05, 0.1) is 19.7 Å². The average Bonchev–Trinajstić information content (AvgIpc) is 2.55. The summed E-state index contributed by atoms with van der Waals surface area (Å²) in [7, 11) is 3.22. The molecule has 0 aliphatic heterocycles. The second-order valence-electron chi connectivity index (χ2n) is 5.11. The number of aromatic amines is 1. The van der Waals surface area contributed by atoms with Gasteiger partial charge in [-0.3, -0.25) is 4.79 Å². The van der Waals surface area contributed by atoms with E-state index in [1.54, 1.807) is 14.2 Å². The van der Waals surface area contributed by atoms with Crippen molar-refractivity contribution in [1.82, 2.24) is 4.98 Å². The quantitative estimate of drug-likeness (QED) is 0.804. The highest BCUT2D eigenvalue weighted by Crippen LogP contribution is 2.28. The number of hydrogen-bond acceptors (Lipinski definition) is 3. The number of fused-ring (bicyclic) bond motifs is 1. The van der Waals surface area contributed by atoms with Gasteiger partial charge in [-0.25, -0.2) is 0 Å². The van der Waals surface area contributed by atoms with Crippen LogP contribution < -0.4 is 15.0 Å². The highest BCUT2D eigenvalue weighted by Gasteiger charge is 2.10. The smallest absolute Gasteiger partial charge is 0.256 e. The molecule has 4 heteroatoms. The van der Waals surface area contributed by atoms with Crippen LogP contribution in [0.1, 0.15) is 5.56 Å². The van der Waals surface area contributed by atoms with Gasteiger partial charge in [0.25, 0.3) is 5.56 Å². The molecule has 0 aliphatic carbocycles. The van der Waals surface area contributed by atoms with Crippen molar-refractivity contribution in [2.45, 2.75) is 6.92 Å². The number of rotatable bonds is 3. The number of aryl methyl sites for hydroxylation is 1. The van der Waals surface area contributed by atoms with Gasteiger partial charge in [-0.2, -0.15) is 0 Å². The number of aromatic nitrogens is 1. The highest BCUT2D eigenvalue weighted by atomic mass is 16.5. The van der Waals surface area contributed by atoms with Crippen LogP contribution in [0.25, 0.3) is 22.0 Å². The summed E-state index contributed by atoms with van der Waals surface area (Å²) >= 11 is 0. The van der Waals surface area contributed by atoms with Crippen molar-refractivity contribution in [1.29, 1.82) is 0 Å². The summed E-state index contributed by atoms with van der Waals surface area (Å²) in [5, 5.41) is 0.977.